The summed E-state index contributed by atoms with van der Waals surface area (Å²) in [5.41, 5.74) is 4.12. The fourth-order valence-corrected chi connectivity index (χ4v) is 4.98. The first kappa shape index (κ1) is 19.4. The van der Waals surface area contributed by atoms with Gasteiger partial charge in [0.25, 0.3) is 5.91 Å². The van der Waals surface area contributed by atoms with E-state index < -0.39 is 10.0 Å². The number of carbonyl (C=O) groups is 1. The molecular formula is C21H24N4O3S. The van der Waals surface area contributed by atoms with Crippen LogP contribution in [0.3, 0.4) is 0 Å². The van der Waals surface area contributed by atoms with E-state index in [1.54, 1.807) is 17.8 Å². The highest BCUT2D eigenvalue weighted by Crippen LogP contribution is 2.38. The summed E-state index contributed by atoms with van der Waals surface area (Å²) in [7, 11) is -1.82. The summed E-state index contributed by atoms with van der Waals surface area (Å²) >= 11 is 0. The van der Waals surface area contributed by atoms with Gasteiger partial charge in [0.15, 0.2) is 0 Å². The summed E-state index contributed by atoms with van der Waals surface area (Å²) in [6, 6.07) is 11.4. The Hall–Kier alpha value is -2.87. The van der Waals surface area contributed by atoms with Crippen molar-refractivity contribution in [1.29, 1.82) is 0 Å². The van der Waals surface area contributed by atoms with Crippen molar-refractivity contribution in [3.05, 3.63) is 53.7 Å². The summed E-state index contributed by atoms with van der Waals surface area (Å²) in [4.78, 5) is 12.8. The summed E-state index contributed by atoms with van der Waals surface area (Å²) in [5.74, 6) is -0.0468. The number of fused-ring (bicyclic) bond motifs is 2. The maximum atomic E-state index is 12.8. The van der Waals surface area contributed by atoms with Crippen molar-refractivity contribution in [3.8, 4) is 11.3 Å². The highest BCUT2D eigenvalue weighted by Gasteiger charge is 2.29. The number of anilines is 1. The molecule has 152 valence electrons. The molecule has 0 saturated heterocycles. The van der Waals surface area contributed by atoms with Gasteiger partial charge in [-0.2, -0.15) is 5.10 Å². The number of pyridine rings is 1. The van der Waals surface area contributed by atoms with Crippen LogP contribution < -0.4 is 9.62 Å². The molecule has 1 atom stereocenters. The number of aromatic nitrogens is 2. The number of benzene rings is 1. The second kappa shape index (κ2) is 7.18. The van der Waals surface area contributed by atoms with Crippen LogP contribution in [-0.4, -0.2) is 43.8 Å². The van der Waals surface area contributed by atoms with Crippen LogP contribution in [0.5, 0.6) is 0 Å². The largest absolute Gasteiger partial charge is 0.355 e. The van der Waals surface area contributed by atoms with Gasteiger partial charge < -0.3 is 5.32 Å². The predicted octanol–water partition coefficient (Wildman–Crippen LogP) is 3.02. The Bertz CT molecular complexity index is 1190. The Morgan fingerprint density at radius 3 is 2.62 bits per heavy atom. The molecule has 0 spiro atoms. The summed E-state index contributed by atoms with van der Waals surface area (Å²) in [5, 5.41) is 7.37. The maximum absolute atomic E-state index is 12.8. The van der Waals surface area contributed by atoms with Crippen LogP contribution >= 0.6 is 0 Å². The molecular weight excluding hydrogens is 388 g/mol. The fourth-order valence-electron chi connectivity index (χ4n) is 4.01. The molecule has 0 radical (unpaired) electrons. The molecule has 0 bridgehead atoms. The van der Waals surface area contributed by atoms with Crippen molar-refractivity contribution >= 4 is 27.1 Å². The standard InChI is InChI=1S/C21H24N4O3S/c1-14-8-7-11-25(29(3,27)28)18-13-24-17(12-16(14)18)19(21(26)22-2)20(23-24)15-9-5-4-6-10-15/h4-6,9-10,12-14H,7-8,11H2,1-3H3,(H,22,26). The van der Waals surface area contributed by atoms with E-state index in [-0.39, 0.29) is 11.8 Å². The molecule has 4 rings (SSSR count). The smallest absolute Gasteiger partial charge is 0.255 e. The second-order valence-corrected chi connectivity index (χ2v) is 9.40. The average Bonchev–Trinajstić information content (AvgIpc) is 2.99. The van der Waals surface area contributed by atoms with Crippen LogP contribution in [0.4, 0.5) is 5.69 Å². The van der Waals surface area contributed by atoms with Crippen LogP contribution in [0.2, 0.25) is 0 Å². The first-order valence-electron chi connectivity index (χ1n) is 9.62. The number of amides is 1. The highest BCUT2D eigenvalue weighted by molar-refractivity contribution is 7.92. The third-order valence-electron chi connectivity index (χ3n) is 5.48. The van der Waals surface area contributed by atoms with Crippen molar-refractivity contribution in [2.75, 3.05) is 24.2 Å². The molecule has 3 aromatic rings. The minimum absolute atomic E-state index is 0.175. The average molecular weight is 413 g/mol. The van der Waals surface area contributed by atoms with E-state index in [1.807, 2.05) is 36.4 Å². The van der Waals surface area contributed by atoms with Crippen LogP contribution in [0.25, 0.3) is 16.8 Å². The molecule has 0 saturated carbocycles. The number of nitrogens with one attached hydrogen (secondary N) is 1. The molecule has 0 aliphatic carbocycles. The van der Waals surface area contributed by atoms with Crippen molar-refractivity contribution in [2.45, 2.75) is 25.7 Å². The SMILES string of the molecule is CNC(=O)c1c(-c2ccccc2)nn2cc3c(cc12)C(C)CCCN3S(C)(=O)=O. The molecule has 8 heteroatoms. The predicted molar refractivity (Wildman–Crippen MR) is 114 cm³/mol. The summed E-state index contributed by atoms with van der Waals surface area (Å²) < 4.78 is 27.9. The van der Waals surface area contributed by atoms with Gasteiger partial charge in [-0.3, -0.25) is 9.10 Å². The van der Waals surface area contributed by atoms with Crippen molar-refractivity contribution in [3.63, 3.8) is 0 Å². The Morgan fingerprint density at radius 1 is 1.24 bits per heavy atom. The van der Waals surface area contributed by atoms with Gasteiger partial charge in [0.05, 0.1) is 29.2 Å². The van der Waals surface area contributed by atoms with Gasteiger partial charge in [-0.15, -0.1) is 0 Å². The minimum Gasteiger partial charge on any atom is -0.355 e. The molecule has 7 nitrogen and oxygen atoms in total. The van der Waals surface area contributed by atoms with Gasteiger partial charge >= 0.3 is 0 Å². The van der Waals surface area contributed by atoms with Crippen LogP contribution in [0.15, 0.2) is 42.6 Å². The third-order valence-corrected chi connectivity index (χ3v) is 6.66. The number of hydrogen-bond acceptors (Lipinski definition) is 4. The molecule has 1 aromatic carbocycles. The zero-order chi connectivity index (χ0) is 20.8. The van der Waals surface area contributed by atoms with Crippen LogP contribution in [0.1, 0.15) is 41.6 Å². The molecule has 1 N–H and O–H groups in total. The van der Waals surface area contributed by atoms with E-state index in [9.17, 15) is 13.2 Å². The van der Waals surface area contributed by atoms with Gasteiger partial charge in [0, 0.05) is 19.2 Å². The number of carbonyl (C=O) groups excluding carboxylic acids is 1. The van der Waals surface area contributed by atoms with E-state index >= 15 is 0 Å². The van der Waals surface area contributed by atoms with Crippen molar-refractivity contribution < 1.29 is 13.2 Å². The maximum Gasteiger partial charge on any atom is 0.255 e. The lowest BCUT2D eigenvalue weighted by atomic mass is 9.96. The normalized spacial score (nSPS) is 17.1. The van der Waals surface area contributed by atoms with Gasteiger partial charge in [-0.05, 0) is 30.4 Å². The highest BCUT2D eigenvalue weighted by atomic mass is 32.2. The van der Waals surface area contributed by atoms with Gasteiger partial charge in [-0.1, -0.05) is 37.3 Å². The van der Waals surface area contributed by atoms with Gasteiger partial charge in [0.1, 0.15) is 5.69 Å². The van der Waals surface area contributed by atoms with E-state index in [0.717, 1.165) is 24.0 Å². The van der Waals surface area contributed by atoms with E-state index in [0.29, 0.717) is 29.0 Å². The number of rotatable bonds is 3. The number of sulfonamides is 1. The van der Waals surface area contributed by atoms with Gasteiger partial charge in [0.2, 0.25) is 10.0 Å². The monoisotopic (exact) mass is 412 g/mol. The Kier molecular flexibility index (Phi) is 4.82. The van der Waals surface area contributed by atoms with Crippen LogP contribution in [0, 0.1) is 0 Å². The second-order valence-electron chi connectivity index (χ2n) is 7.49. The number of nitrogens with zero attached hydrogens (tertiary/aromatic N) is 3. The first-order valence-corrected chi connectivity index (χ1v) is 11.5. The molecule has 0 fully saturated rings. The Labute approximate surface area is 170 Å². The minimum atomic E-state index is -3.42. The molecule has 1 aliphatic heterocycles. The zero-order valence-corrected chi connectivity index (χ0v) is 17.5. The van der Waals surface area contributed by atoms with E-state index in [2.05, 4.69) is 17.3 Å². The lowest BCUT2D eigenvalue weighted by Gasteiger charge is -2.23. The molecule has 1 unspecified atom stereocenters. The lowest BCUT2D eigenvalue weighted by Crippen LogP contribution is -2.31. The lowest BCUT2D eigenvalue weighted by molar-refractivity contribution is 0.0965. The Morgan fingerprint density at radius 2 is 1.97 bits per heavy atom. The topological polar surface area (TPSA) is 83.8 Å². The summed E-state index contributed by atoms with van der Waals surface area (Å²) in [6.07, 6.45) is 4.63. The van der Waals surface area contributed by atoms with Gasteiger partial charge in [-0.25, -0.2) is 12.9 Å². The first-order chi connectivity index (χ1) is 13.8. The number of hydrogen-bond donors (Lipinski definition) is 1. The fraction of sp³-hybridized carbons (Fsp3) is 0.333. The molecule has 29 heavy (non-hydrogen) atoms. The molecule has 2 aromatic heterocycles. The quantitative estimate of drug-likeness (QED) is 0.717. The molecule has 3 heterocycles. The zero-order valence-electron chi connectivity index (χ0n) is 16.7. The van der Waals surface area contributed by atoms with Crippen molar-refractivity contribution in [2.24, 2.45) is 0 Å². The molecule has 1 aliphatic rings. The van der Waals surface area contributed by atoms with E-state index in [4.69, 9.17) is 0 Å². The van der Waals surface area contributed by atoms with Crippen LogP contribution in [-0.2, 0) is 10.0 Å². The van der Waals surface area contributed by atoms with Crippen molar-refractivity contribution in [1.82, 2.24) is 14.9 Å². The summed E-state index contributed by atoms with van der Waals surface area (Å²) in [6.45, 7) is 2.53. The van der Waals surface area contributed by atoms with E-state index in [1.165, 1.54) is 10.6 Å². The third kappa shape index (κ3) is 3.37. The Balaban J connectivity index is 2.04. The molecule has 1 amide bonds.